The number of fused-ring (bicyclic) bond motifs is 1. The predicted molar refractivity (Wildman–Crippen MR) is 75.6 cm³/mol. The zero-order valence-electron chi connectivity index (χ0n) is 11.7. The first-order chi connectivity index (χ1) is 8.88. The molecule has 0 spiro atoms. The van der Waals surface area contributed by atoms with Crippen molar-refractivity contribution in [2.24, 2.45) is 0 Å². The summed E-state index contributed by atoms with van der Waals surface area (Å²) in [6, 6.07) is 7.17. The Balaban J connectivity index is 2.33. The van der Waals surface area contributed by atoms with E-state index in [2.05, 4.69) is 5.32 Å². The normalized spacial score (nSPS) is 15.7. The summed E-state index contributed by atoms with van der Waals surface area (Å²) in [5, 5.41) is 2.95. The SMILES string of the molecule is CC(C)(C)NC(=O)N1CCCC(=O)c2ccccc21. The Labute approximate surface area is 113 Å². The van der Waals surface area contributed by atoms with E-state index in [1.807, 2.05) is 39.0 Å². The summed E-state index contributed by atoms with van der Waals surface area (Å²) in [6.07, 6.45) is 1.20. The molecule has 0 radical (unpaired) electrons. The smallest absolute Gasteiger partial charge is 0.322 e. The molecule has 1 aromatic carbocycles. The van der Waals surface area contributed by atoms with Gasteiger partial charge in [0.1, 0.15) is 0 Å². The molecule has 102 valence electrons. The number of hydrogen-bond donors (Lipinski definition) is 1. The molecule has 0 aromatic heterocycles. The number of carbonyl (C=O) groups is 2. The van der Waals surface area contributed by atoms with E-state index in [0.29, 0.717) is 30.6 Å². The minimum atomic E-state index is -0.289. The molecule has 1 heterocycles. The number of urea groups is 1. The van der Waals surface area contributed by atoms with Crippen molar-refractivity contribution < 1.29 is 9.59 Å². The zero-order chi connectivity index (χ0) is 14.0. The average Bonchev–Trinajstić information content (AvgIpc) is 2.47. The van der Waals surface area contributed by atoms with Crippen molar-refractivity contribution >= 4 is 17.5 Å². The lowest BCUT2D eigenvalue weighted by molar-refractivity contribution is 0.0983. The van der Waals surface area contributed by atoms with Gasteiger partial charge in [-0.1, -0.05) is 12.1 Å². The molecular weight excluding hydrogens is 240 g/mol. The van der Waals surface area contributed by atoms with E-state index in [1.54, 1.807) is 11.0 Å². The highest BCUT2D eigenvalue weighted by Gasteiger charge is 2.26. The van der Waals surface area contributed by atoms with Crippen molar-refractivity contribution in [2.75, 3.05) is 11.4 Å². The van der Waals surface area contributed by atoms with Crippen molar-refractivity contribution in [1.82, 2.24) is 5.32 Å². The quantitative estimate of drug-likeness (QED) is 0.779. The summed E-state index contributed by atoms with van der Waals surface area (Å²) < 4.78 is 0. The third kappa shape index (κ3) is 3.13. The van der Waals surface area contributed by atoms with Crippen LogP contribution in [0.2, 0.25) is 0 Å². The second kappa shape index (κ2) is 5.03. The number of hydrogen-bond acceptors (Lipinski definition) is 2. The minimum absolute atomic E-state index is 0.113. The minimum Gasteiger partial charge on any atom is -0.333 e. The highest BCUT2D eigenvalue weighted by molar-refractivity contribution is 6.06. The first-order valence-corrected chi connectivity index (χ1v) is 6.60. The van der Waals surface area contributed by atoms with Gasteiger partial charge in [0.15, 0.2) is 5.78 Å². The largest absolute Gasteiger partial charge is 0.333 e. The summed E-state index contributed by atoms with van der Waals surface area (Å²) in [6.45, 7) is 6.41. The lowest BCUT2D eigenvalue weighted by Gasteiger charge is -2.28. The van der Waals surface area contributed by atoms with Crippen molar-refractivity contribution in [3.8, 4) is 0 Å². The number of para-hydroxylation sites is 1. The number of carbonyl (C=O) groups excluding carboxylic acids is 2. The third-order valence-corrected chi connectivity index (χ3v) is 3.01. The van der Waals surface area contributed by atoms with Crippen LogP contribution in [0.1, 0.15) is 44.0 Å². The summed E-state index contributed by atoms with van der Waals surface area (Å²) in [4.78, 5) is 26.0. The molecule has 0 saturated heterocycles. The lowest BCUT2D eigenvalue weighted by atomic mass is 10.1. The Hall–Kier alpha value is -1.84. The molecule has 0 unspecified atom stereocenters. The Bertz CT molecular complexity index is 503. The van der Waals surface area contributed by atoms with E-state index in [9.17, 15) is 9.59 Å². The zero-order valence-corrected chi connectivity index (χ0v) is 11.7. The van der Waals surface area contributed by atoms with Crippen LogP contribution < -0.4 is 10.2 Å². The van der Waals surface area contributed by atoms with Gasteiger partial charge in [0, 0.05) is 24.1 Å². The molecule has 1 aliphatic rings. The van der Waals surface area contributed by atoms with Gasteiger partial charge in [-0.05, 0) is 39.3 Å². The van der Waals surface area contributed by atoms with Crippen molar-refractivity contribution in [3.05, 3.63) is 29.8 Å². The number of benzene rings is 1. The molecule has 0 bridgehead atoms. The van der Waals surface area contributed by atoms with Gasteiger partial charge in [-0.15, -0.1) is 0 Å². The Morgan fingerprint density at radius 1 is 1.26 bits per heavy atom. The molecule has 0 saturated carbocycles. The van der Waals surface area contributed by atoms with E-state index in [1.165, 1.54) is 0 Å². The highest BCUT2D eigenvalue weighted by atomic mass is 16.2. The van der Waals surface area contributed by atoms with Gasteiger partial charge in [0.05, 0.1) is 5.69 Å². The number of nitrogens with one attached hydrogen (secondary N) is 1. The van der Waals surface area contributed by atoms with E-state index in [-0.39, 0.29) is 17.4 Å². The Morgan fingerprint density at radius 3 is 2.63 bits per heavy atom. The lowest BCUT2D eigenvalue weighted by Crippen LogP contribution is -2.49. The molecule has 19 heavy (non-hydrogen) atoms. The topological polar surface area (TPSA) is 49.4 Å². The van der Waals surface area contributed by atoms with Crippen LogP contribution in [0.25, 0.3) is 0 Å². The second-order valence-corrected chi connectivity index (χ2v) is 5.88. The molecule has 2 amide bonds. The third-order valence-electron chi connectivity index (χ3n) is 3.01. The van der Waals surface area contributed by atoms with Gasteiger partial charge in [-0.25, -0.2) is 4.79 Å². The van der Waals surface area contributed by atoms with Gasteiger partial charge in [-0.2, -0.15) is 0 Å². The highest BCUT2D eigenvalue weighted by Crippen LogP contribution is 2.26. The van der Waals surface area contributed by atoms with E-state index >= 15 is 0 Å². The molecule has 0 aliphatic carbocycles. The summed E-state index contributed by atoms with van der Waals surface area (Å²) in [7, 11) is 0. The van der Waals surface area contributed by atoms with Gasteiger partial charge < -0.3 is 5.32 Å². The molecule has 4 nitrogen and oxygen atoms in total. The molecule has 1 aliphatic heterocycles. The maximum Gasteiger partial charge on any atom is 0.322 e. The molecule has 1 N–H and O–H groups in total. The fourth-order valence-corrected chi connectivity index (χ4v) is 2.20. The summed E-state index contributed by atoms with van der Waals surface area (Å²) in [5.74, 6) is 0.113. The fraction of sp³-hybridized carbons (Fsp3) is 0.467. The van der Waals surface area contributed by atoms with E-state index in [0.717, 1.165) is 0 Å². The maximum atomic E-state index is 12.3. The number of anilines is 1. The van der Waals surface area contributed by atoms with Crippen molar-refractivity contribution in [1.29, 1.82) is 0 Å². The van der Waals surface area contributed by atoms with E-state index < -0.39 is 0 Å². The Morgan fingerprint density at radius 2 is 1.95 bits per heavy atom. The second-order valence-electron chi connectivity index (χ2n) is 5.88. The average molecular weight is 260 g/mol. The molecule has 2 rings (SSSR count). The van der Waals surface area contributed by atoms with Crippen LogP contribution in [0.3, 0.4) is 0 Å². The number of Topliss-reactive ketones (excluding diaryl/α,β-unsaturated/α-hetero) is 1. The fourth-order valence-electron chi connectivity index (χ4n) is 2.20. The molecule has 0 atom stereocenters. The van der Waals surface area contributed by atoms with Crippen LogP contribution in [0.15, 0.2) is 24.3 Å². The summed E-state index contributed by atoms with van der Waals surface area (Å²) >= 11 is 0. The molecule has 1 aromatic rings. The van der Waals surface area contributed by atoms with Crippen LogP contribution in [0.5, 0.6) is 0 Å². The first-order valence-electron chi connectivity index (χ1n) is 6.60. The number of amides is 2. The molecule has 4 heteroatoms. The molecule has 0 fully saturated rings. The predicted octanol–water partition coefficient (Wildman–Crippen LogP) is 2.98. The van der Waals surface area contributed by atoms with Crippen molar-refractivity contribution in [2.45, 2.75) is 39.2 Å². The van der Waals surface area contributed by atoms with Crippen LogP contribution in [-0.4, -0.2) is 23.9 Å². The monoisotopic (exact) mass is 260 g/mol. The Kier molecular flexibility index (Phi) is 3.60. The number of nitrogens with zero attached hydrogens (tertiary/aromatic N) is 1. The maximum absolute atomic E-state index is 12.3. The summed E-state index contributed by atoms with van der Waals surface area (Å²) in [5.41, 5.74) is 1.07. The van der Waals surface area contributed by atoms with Gasteiger partial charge in [0.2, 0.25) is 0 Å². The number of ketones is 1. The van der Waals surface area contributed by atoms with Crippen LogP contribution in [0.4, 0.5) is 10.5 Å². The number of rotatable bonds is 0. The standard InChI is InChI=1S/C15H20N2O2/c1-15(2,3)16-14(19)17-10-6-9-13(18)11-7-4-5-8-12(11)17/h4-5,7-8H,6,9-10H2,1-3H3,(H,16,19). The van der Waals surface area contributed by atoms with Crippen LogP contribution in [-0.2, 0) is 0 Å². The molecular formula is C15H20N2O2. The van der Waals surface area contributed by atoms with Crippen molar-refractivity contribution in [3.63, 3.8) is 0 Å². The first kappa shape index (κ1) is 13.6. The van der Waals surface area contributed by atoms with Crippen LogP contribution >= 0.6 is 0 Å². The van der Waals surface area contributed by atoms with Gasteiger partial charge >= 0.3 is 6.03 Å². The van der Waals surface area contributed by atoms with Gasteiger partial charge in [-0.3, -0.25) is 9.69 Å². The van der Waals surface area contributed by atoms with Gasteiger partial charge in [0.25, 0.3) is 0 Å². The van der Waals surface area contributed by atoms with E-state index in [4.69, 9.17) is 0 Å². The van der Waals surface area contributed by atoms with Crippen LogP contribution in [0, 0.1) is 0 Å².